The Morgan fingerprint density at radius 3 is 1.72 bits per heavy atom. The average Bonchev–Trinajstić information content (AvgIpc) is 2.13. The van der Waals surface area contributed by atoms with E-state index in [0.717, 1.165) is 0 Å². The van der Waals surface area contributed by atoms with E-state index in [1.165, 1.54) is 6.92 Å². The van der Waals surface area contributed by atoms with Crippen LogP contribution in [-0.4, -0.2) is 37.1 Å². The summed E-state index contributed by atoms with van der Waals surface area (Å²) in [4.78, 5) is 0. The second-order valence-electron chi connectivity index (χ2n) is 4.19. The van der Waals surface area contributed by atoms with E-state index >= 15 is 0 Å². The molecule has 18 heavy (non-hydrogen) atoms. The first-order chi connectivity index (χ1) is 7.98. The summed E-state index contributed by atoms with van der Waals surface area (Å²) < 4.78 is 77.6. The molecule has 0 aromatic carbocycles. The third kappa shape index (κ3) is 6.44. The van der Waals surface area contributed by atoms with Gasteiger partial charge in [-0.3, -0.25) is 0 Å². The predicted molar refractivity (Wildman–Crippen MR) is 54.2 cm³/mol. The van der Waals surface area contributed by atoms with Crippen molar-refractivity contribution >= 4 is 0 Å². The van der Waals surface area contributed by atoms with Gasteiger partial charge in [0.25, 0.3) is 0 Å². The molecule has 0 aromatic rings. The molecule has 0 fully saturated rings. The molecule has 110 valence electrons. The molecular weight excluding hydrogens is 264 g/mol. The molecule has 0 aliphatic heterocycles. The van der Waals surface area contributed by atoms with E-state index in [4.69, 9.17) is 0 Å². The molecule has 0 radical (unpaired) electrons. The quantitative estimate of drug-likeness (QED) is 0.754. The van der Waals surface area contributed by atoms with E-state index in [-0.39, 0.29) is 19.0 Å². The Morgan fingerprint density at radius 2 is 1.44 bits per heavy atom. The molecule has 0 aliphatic carbocycles. The van der Waals surface area contributed by atoms with Crippen LogP contribution >= 0.6 is 0 Å². The largest absolute Gasteiger partial charge is 0.423 e. The highest BCUT2D eigenvalue weighted by molar-refractivity contribution is 4.78. The van der Waals surface area contributed by atoms with Gasteiger partial charge in [0.2, 0.25) is 6.10 Å². The Labute approximate surface area is 102 Å². The number of nitrogens with one attached hydrogen (secondary N) is 1. The molecular formula is C10H17F6NO. The molecule has 0 heterocycles. The zero-order chi connectivity index (χ0) is 14.6. The summed E-state index contributed by atoms with van der Waals surface area (Å²) in [7, 11) is 0. The summed E-state index contributed by atoms with van der Waals surface area (Å²) in [6, 6.07) is -0.0436. The van der Waals surface area contributed by atoms with Crippen molar-refractivity contribution in [3.63, 3.8) is 0 Å². The fourth-order valence-electron chi connectivity index (χ4n) is 1.19. The van der Waals surface area contributed by atoms with E-state index in [9.17, 15) is 26.3 Å². The van der Waals surface area contributed by atoms with Gasteiger partial charge in [-0.2, -0.15) is 26.3 Å². The van der Waals surface area contributed by atoms with E-state index in [0.29, 0.717) is 0 Å². The van der Waals surface area contributed by atoms with E-state index < -0.39 is 24.6 Å². The fourth-order valence-corrected chi connectivity index (χ4v) is 1.19. The van der Waals surface area contributed by atoms with Gasteiger partial charge in [-0.25, -0.2) is 0 Å². The highest BCUT2D eigenvalue weighted by Crippen LogP contribution is 2.36. The van der Waals surface area contributed by atoms with Gasteiger partial charge in [-0.1, -0.05) is 20.8 Å². The molecule has 0 amide bonds. The summed E-state index contributed by atoms with van der Waals surface area (Å²) in [6.45, 7) is 4.88. The molecule has 1 N–H and O–H groups in total. The molecule has 0 rings (SSSR count). The van der Waals surface area contributed by atoms with Gasteiger partial charge in [-0.15, -0.1) is 0 Å². The minimum Gasteiger partial charge on any atom is -0.356 e. The van der Waals surface area contributed by atoms with Gasteiger partial charge >= 0.3 is 12.4 Å². The molecule has 2 nitrogen and oxygen atoms in total. The van der Waals surface area contributed by atoms with Gasteiger partial charge in [0.05, 0.1) is 6.10 Å². The fraction of sp³-hybridized carbons (Fsp3) is 1.00. The van der Waals surface area contributed by atoms with Crippen molar-refractivity contribution in [2.24, 2.45) is 0 Å². The predicted octanol–water partition coefficient (Wildman–Crippen LogP) is 3.27. The Kier molecular flexibility index (Phi) is 6.42. The highest BCUT2D eigenvalue weighted by atomic mass is 19.4. The normalized spacial score (nSPS) is 15.5. The first-order valence-electron chi connectivity index (χ1n) is 5.50. The lowest BCUT2D eigenvalue weighted by Gasteiger charge is -2.28. The van der Waals surface area contributed by atoms with Gasteiger partial charge in [0, 0.05) is 12.6 Å². The van der Waals surface area contributed by atoms with Gasteiger partial charge in [-0.05, 0) is 6.42 Å². The molecule has 0 saturated heterocycles. The van der Waals surface area contributed by atoms with Crippen molar-refractivity contribution in [1.29, 1.82) is 0 Å². The van der Waals surface area contributed by atoms with E-state index in [2.05, 4.69) is 10.1 Å². The van der Waals surface area contributed by atoms with Crippen LogP contribution in [0.2, 0.25) is 0 Å². The minimum absolute atomic E-state index is 0.0436. The standard InChI is InChI=1S/C10H17F6NO/c1-4-7(5-17-6(2)3)18-8(9(11,12)13)10(14,15)16/h6-8,17H,4-5H2,1-3H3. The van der Waals surface area contributed by atoms with Crippen LogP contribution in [0.3, 0.4) is 0 Å². The number of rotatable bonds is 6. The Morgan fingerprint density at radius 1 is 1.00 bits per heavy atom. The SMILES string of the molecule is CCC(CNC(C)C)OC(C(F)(F)F)C(F)(F)F. The summed E-state index contributed by atoms with van der Waals surface area (Å²) in [5, 5.41) is 2.75. The summed E-state index contributed by atoms with van der Waals surface area (Å²) >= 11 is 0. The minimum atomic E-state index is -5.45. The second-order valence-corrected chi connectivity index (χ2v) is 4.19. The van der Waals surface area contributed by atoms with E-state index in [1.54, 1.807) is 13.8 Å². The molecule has 1 unspecified atom stereocenters. The summed E-state index contributed by atoms with van der Waals surface area (Å²) in [5.74, 6) is 0. The third-order valence-electron chi connectivity index (χ3n) is 2.13. The number of hydrogen-bond acceptors (Lipinski definition) is 2. The number of hydrogen-bond donors (Lipinski definition) is 1. The smallest absolute Gasteiger partial charge is 0.356 e. The molecule has 0 aliphatic rings. The summed E-state index contributed by atoms with van der Waals surface area (Å²) in [6.07, 6.45) is -15.7. The van der Waals surface area contributed by atoms with Crippen molar-refractivity contribution in [1.82, 2.24) is 5.32 Å². The van der Waals surface area contributed by atoms with Crippen molar-refractivity contribution < 1.29 is 31.1 Å². The van der Waals surface area contributed by atoms with Crippen LogP contribution in [0.1, 0.15) is 27.2 Å². The molecule has 0 spiro atoms. The molecule has 1 atom stereocenters. The second kappa shape index (κ2) is 6.60. The zero-order valence-electron chi connectivity index (χ0n) is 10.3. The van der Waals surface area contributed by atoms with Crippen LogP contribution in [0.4, 0.5) is 26.3 Å². The van der Waals surface area contributed by atoms with E-state index in [1.807, 2.05) is 0 Å². The Balaban J connectivity index is 4.65. The third-order valence-corrected chi connectivity index (χ3v) is 2.13. The molecule has 0 bridgehead atoms. The van der Waals surface area contributed by atoms with Gasteiger partial charge < -0.3 is 10.1 Å². The topological polar surface area (TPSA) is 21.3 Å². The van der Waals surface area contributed by atoms with Crippen LogP contribution in [-0.2, 0) is 4.74 Å². The van der Waals surface area contributed by atoms with Crippen LogP contribution in [0.5, 0.6) is 0 Å². The molecule has 0 aromatic heterocycles. The average molecular weight is 281 g/mol. The number of halogens is 6. The van der Waals surface area contributed by atoms with Crippen LogP contribution in [0.25, 0.3) is 0 Å². The van der Waals surface area contributed by atoms with Crippen molar-refractivity contribution in [3.8, 4) is 0 Å². The lowest BCUT2D eigenvalue weighted by molar-refractivity contribution is -0.330. The van der Waals surface area contributed by atoms with Crippen molar-refractivity contribution in [2.45, 2.75) is 57.8 Å². The lowest BCUT2D eigenvalue weighted by Crippen LogP contribution is -2.48. The first kappa shape index (κ1) is 17.5. The number of alkyl halides is 6. The maximum Gasteiger partial charge on any atom is 0.423 e. The van der Waals surface area contributed by atoms with Crippen molar-refractivity contribution in [2.75, 3.05) is 6.54 Å². The number of ether oxygens (including phenoxy) is 1. The molecule has 0 saturated carbocycles. The van der Waals surface area contributed by atoms with Crippen molar-refractivity contribution in [3.05, 3.63) is 0 Å². The summed E-state index contributed by atoms with van der Waals surface area (Å²) in [5.41, 5.74) is 0. The van der Waals surface area contributed by atoms with Crippen LogP contribution in [0, 0.1) is 0 Å². The van der Waals surface area contributed by atoms with Crippen LogP contribution < -0.4 is 5.32 Å². The molecule has 8 heteroatoms. The monoisotopic (exact) mass is 281 g/mol. The lowest BCUT2D eigenvalue weighted by atomic mass is 10.2. The maximum absolute atomic E-state index is 12.2. The van der Waals surface area contributed by atoms with Gasteiger partial charge in [0.15, 0.2) is 0 Å². The highest BCUT2D eigenvalue weighted by Gasteiger charge is 2.58. The Hall–Kier alpha value is -0.500. The Bertz CT molecular complexity index is 224. The first-order valence-corrected chi connectivity index (χ1v) is 5.50. The van der Waals surface area contributed by atoms with Crippen LogP contribution in [0.15, 0.2) is 0 Å². The van der Waals surface area contributed by atoms with Gasteiger partial charge in [0.1, 0.15) is 0 Å². The zero-order valence-corrected chi connectivity index (χ0v) is 10.3. The maximum atomic E-state index is 12.2.